The van der Waals surface area contributed by atoms with Gasteiger partial charge in [-0.25, -0.2) is 9.97 Å². The Labute approximate surface area is 101 Å². The van der Waals surface area contributed by atoms with E-state index in [-0.39, 0.29) is 0 Å². The Morgan fingerprint density at radius 2 is 2.44 bits per heavy atom. The van der Waals surface area contributed by atoms with Crippen LogP contribution in [0.3, 0.4) is 0 Å². The number of nitrogens with one attached hydrogen (secondary N) is 1. The van der Waals surface area contributed by atoms with E-state index in [1.54, 1.807) is 6.20 Å². The SMILES string of the molecule is Cc1cnc(Cl)nc1NCC1CCCN1C. The van der Waals surface area contributed by atoms with Gasteiger partial charge >= 0.3 is 0 Å². The zero-order valence-corrected chi connectivity index (χ0v) is 10.5. The smallest absolute Gasteiger partial charge is 0.224 e. The van der Waals surface area contributed by atoms with E-state index in [0.717, 1.165) is 17.9 Å². The van der Waals surface area contributed by atoms with Gasteiger partial charge in [-0.2, -0.15) is 0 Å². The van der Waals surface area contributed by atoms with Gasteiger partial charge in [-0.1, -0.05) is 0 Å². The van der Waals surface area contributed by atoms with E-state index in [1.807, 2.05) is 6.92 Å². The Kier molecular flexibility index (Phi) is 3.61. The van der Waals surface area contributed by atoms with Crippen LogP contribution in [0.15, 0.2) is 6.20 Å². The summed E-state index contributed by atoms with van der Waals surface area (Å²) in [6.07, 6.45) is 4.28. The van der Waals surface area contributed by atoms with Crippen LogP contribution in [-0.2, 0) is 0 Å². The molecule has 0 bridgehead atoms. The van der Waals surface area contributed by atoms with Crippen LogP contribution in [0.1, 0.15) is 18.4 Å². The number of halogens is 1. The molecule has 1 atom stereocenters. The molecule has 4 nitrogen and oxygen atoms in total. The van der Waals surface area contributed by atoms with E-state index in [4.69, 9.17) is 11.6 Å². The minimum Gasteiger partial charge on any atom is -0.368 e. The van der Waals surface area contributed by atoms with Crippen molar-refractivity contribution in [2.24, 2.45) is 0 Å². The van der Waals surface area contributed by atoms with Gasteiger partial charge in [-0.15, -0.1) is 0 Å². The molecule has 2 rings (SSSR count). The predicted molar refractivity (Wildman–Crippen MR) is 65.9 cm³/mol. The lowest BCUT2D eigenvalue weighted by Crippen LogP contribution is -2.31. The first-order valence-electron chi connectivity index (χ1n) is 5.60. The molecule has 88 valence electrons. The highest BCUT2D eigenvalue weighted by molar-refractivity contribution is 6.28. The van der Waals surface area contributed by atoms with E-state index in [2.05, 4.69) is 27.2 Å². The molecule has 1 aliphatic rings. The molecule has 5 heteroatoms. The molecular formula is C11H17ClN4. The lowest BCUT2D eigenvalue weighted by Gasteiger charge is -2.20. The highest BCUT2D eigenvalue weighted by atomic mass is 35.5. The summed E-state index contributed by atoms with van der Waals surface area (Å²) in [6, 6.07) is 0.605. The molecule has 16 heavy (non-hydrogen) atoms. The summed E-state index contributed by atoms with van der Waals surface area (Å²) in [5, 5.41) is 3.65. The number of nitrogens with zero attached hydrogens (tertiary/aromatic N) is 3. The number of hydrogen-bond acceptors (Lipinski definition) is 4. The molecule has 0 aromatic carbocycles. The topological polar surface area (TPSA) is 41.1 Å². The van der Waals surface area contributed by atoms with Gasteiger partial charge in [0.05, 0.1) is 0 Å². The largest absolute Gasteiger partial charge is 0.368 e. The average Bonchev–Trinajstić information content (AvgIpc) is 2.66. The summed E-state index contributed by atoms with van der Waals surface area (Å²) in [5.41, 5.74) is 1.03. The van der Waals surface area contributed by atoms with Crippen LogP contribution in [0.5, 0.6) is 0 Å². The molecule has 1 fully saturated rings. The number of aryl methyl sites for hydroxylation is 1. The number of anilines is 1. The fourth-order valence-corrected chi connectivity index (χ4v) is 2.18. The number of aromatic nitrogens is 2. The minimum absolute atomic E-state index is 0.299. The molecule has 1 aromatic heterocycles. The predicted octanol–water partition coefficient (Wildman–Crippen LogP) is 1.94. The lowest BCUT2D eigenvalue weighted by atomic mass is 10.2. The maximum atomic E-state index is 5.77. The second kappa shape index (κ2) is 4.97. The van der Waals surface area contributed by atoms with Crippen molar-refractivity contribution >= 4 is 17.4 Å². The van der Waals surface area contributed by atoms with Crippen molar-refractivity contribution in [2.45, 2.75) is 25.8 Å². The molecule has 0 aliphatic carbocycles. The summed E-state index contributed by atoms with van der Waals surface area (Å²) < 4.78 is 0. The summed E-state index contributed by atoms with van der Waals surface area (Å²) in [5.74, 6) is 0.848. The van der Waals surface area contributed by atoms with E-state index < -0.39 is 0 Å². The molecule has 1 unspecified atom stereocenters. The van der Waals surface area contributed by atoms with Crippen LogP contribution in [0, 0.1) is 6.92 Å². The van der Waals surface area contributed by atoms with Crippen molar-refractivity contribution in [3.8, 4) is 0 Å². The lowest BCUT2D eigenvalue weighted by molar-refractivity contribution is 0.322. The molecule has 0 radical (unpaired) electrons. The molecule has 1 saturated heterocycles. The third kappa shape index (κ3) is 2.62. The zero-order chi connectivity index (χ0) is 11.5. The molecule has 0 amide bonds. The van der Waals surface area contributed by atoms with Crippen LogP contribution in [-0.4, -0.2) is 41.0 Å². The van der Waals surface area contributed by atoms with Gasteiger partial charge in [0.1, 0.15) is 5.82 Å². The first-order valence-corrected chi connectivity index (χ1v) is 5.98. The number of likely N-dealkylation sites (tertiary alicyclic amines) is 1. The van der Waals surface area contributed by atoms with Gasteiger partial charge in [-0.3, -0.25) is 0 Å². The van der Waals surface area contributed by atoms with Crippen LogP contribution < -0.4 is 5.32 Å². The highest BCUT2D eigenvalue weighted by Gasteiger charge is 2.20. The van der Waals surface area contributed by atoms with Gasteiger partial charge in [0.25, 0.3) is 0 Å². The first kappa shape index (κ1) is 11.6. The summed E-state index contributed by atoms with van der Waals surface area (Å²) in [4.78, 5) is 10.5. The Morgan fingerprint density at radius 1 is 1.62 bits per heavy atom. The number of hydrogen-bond donors (Lipinski definition) is 1. The van der Waals surface area contributed by atoms with Crippen LogP contribution >= 0.6 is 11.6 Å². The normalized spacial score (nSPS) is 21.3. The maximum absolute atomic E-state index is 5.77. The standard InChI is InChI=1S/C11H17ClN4/c1-8-6-14-11(12)15-10(8)13-7-9-4-3-5-16(9)2/h6,9H,3-5,7H2,1-2H3,(H,13,14,15). The van der Waals surface area contributed by atoms with Crippen molar-refractivity contribution in [2.75, 3.05) is 25.5 Å². The van der Waals surface area contributed by atoms with Gasteiger partial charge in [-0.05, 0) is 45.0 Å². The van der Waals surface area contributed by atoms with Crippen molar-refractivity contribution in [3.63, 3.8) is 0 Å². The average molecular weight is 241 g/mol. The van der Waals surface area contributed by atoms with Crippen molar-refractivity contribution in [1.29, 1.82) is 0 Å². The Hall–Kier alpha value is -0.870. The van der Waals surface area contributed by atoms with Crippen molar-refractivity contribution in [1.82, 2.24) is 14.9 Å². The number of likely N-dealkylation sites (N-methyl/N-ethyl adjacent to an activating group) is 1. The highest BCUT2D eigenvalue weighted by Crippen LogP contribution is 2.17. The van der Waals surface area contributed by atoms with Gasteiger partial charge < -0.3 is 10.2 Å². The molecular weight excluding hydrogens is 224 g/mol. The van der Waals surface area contributed by atoms with Crippen molar-refractivity contribution in [3.05, 3.63) is 17.0 Å². The van der Waals surface area contributed by atoms with Crippen LogP contribution in [0.4, 0.5) is 5.82 Å². The van der Waals surface area contributed by atoms with Gasteiger partial charge in [0.15, 0.2) is 0 Å². The first-order chi connectivity index (χ1) is 7.66. The monoisotopic (exact) mass is 240 g/mol. The Bertz CT molecular complexity index is 369. The fraction of sp³-hybridized carbons (Fsp3) is 0.636. The minimum atomic E-state index is 0.299. The third-order valence-corrected chi connectivity index (χ3v) is 3.30. The molecule has 0 saturated carbocycles. The van der Waals surface area contributed by atoms with Gasteiger partial charge in [0.2, 0.25) is 5.28 Å². The molecule has 1 N–H and O–H groups in total. The summed E-state index contributed by atoms with van der Waals surface area (Å²) in [6.45, 7) is 4.09. The Balaban J connectivity index is 1.96. The fourth-order valence-electron chi connectivity index (χ4n) is 2.05. The second-order valence-corrected chi connectivity index (χ2v) is 4.67. The Morgan fingerprint density at radius 3 is 3.12 bits per heavy atom. The van der Waals surface area contributed by atoms with E-state index in [1.165, 1.54) is 19.4 Å². The van der Waals surface area contributed by atoms with Gasteiger partial charge in [0, 0.05) is 24.3 Å². The molecule has 0 spiro atoms. The molecule has 2 heterocycles. The third-order valence-electron chi connectivity index (χ3n) is 3.12. The zero-order valence-electron chi connectivity index (χ0n) is 9.70. The second-order valence-electron chi connectivity index (χ2n) is 4.33. The quantitative estimate of drug-likeness (QED) is 0.820. The molecule has 1 aliphatic heterocycles. The van der Waals surface area contributed by atoms with E-state index >= 15 is 0 Å². The summed E-state index contributed by atoms with van der Waals surface area (Å²) in [7, 11) is 2.17. The summed E-state index contributed by atoms with van der Waals surface area (Å²) >= 11 is 5.77. The molecule has 1 aromatic rings. The van der Waals surface area contributed by atoms with Crippen LogP contribution in [0.2, 0.25) is 5.28 Å². The number of rotatable bonds is 3. The maximum Gasteiger partial charge on any atom is 0.224 e. The van der Waals surface area contributed by atoms with Crippen LogP contribution in [0.25, 0.3) is 0 Å². The van der Waals surface area contributed by atoms with E-state index in [9.17, 15) is 0 Å². The van der Waals surface area contributed by atoms with E-state index in [0.29, 0.717) is 11.3 Å². The van der Waals surface area contributed by atoms with Crippen molar-refractivity contribution < 1.29 is 0 Å².